The van der Waals surface area contributed by atoms with Crippen LogP contribution in [0.25, 0.3) is 0 Å². The lowest BCUT2D eigenvalue weighted by Gasteiger charge is -2.34. The fourth-order valence-electron chi connectivity index (χ4n) is 4.20. The van der Waals surface area contributed by atoms with Crippen LogP contribution in [-0.2, 0) is 17.9 Å². The SMILES string of the molecule is CCN(Cc1ccc(OCc2cccs2)c(OC)c1)C(=O)C1CCN(C(=O)c2ccoc2)CC1. The van der Waals surface area contributed by atoms with Gasteiger partial charge in [-0.1, -0.05) is 12.1 Å². The van der Waals surface area contributed by atoms with Gasteiger partial charge in [0, 0.05) is 37.0 Å². The molecule has 3 aromatic rings. The van der Waals surface area contributed by atoms with Crippen LogP contribution < -0.4 is 9.47 Å². The zero-order valence-corrected chi connectivity index (χ0v) is 20.4. The first-order valence-electron chi connectivity index (χ1n) is 11.5. The van der Waals surface area contributed by atoms with E-state index in [1.165, 1.54) is 12.5 Å². The lowest BCUT2D eigenvalue weighted by Crippen LogP contribution is -2.44. The van der Waals surface area contributed by atoms with Gasteiger partial charge >= 0.3 is 0 Å². The number of piperidine rings is 1. The number of nitrogens with zero attached hydrogens (tertiary/aromatic N) is 2. The molecule has 0 bridgehead atoms. The third-order valence-electron chi connectivity index (χ3n) is 6.14. The minimum atomic E-state index is -0.0800. The lowest BCUT2D eigenvalue weighted by atomic mass is 9.94. The Hall–Kier alpha value is -3.26. The summed E-state index contributed by atoms with van der Waals surface area (Å²) >= 11 is 1.65. The maximum Gasteiger partial charge on any atom is 0.257 e. The molecule has 0 unspecified atom stereocenters. The van der Waals surface area contributed by atoms with E-state index in [1.807, 2.05) is 47.5 Å². The number of amides is 2. The Bertz CT molecular complexity index is 1070. The van der Waals surface area contributed by atoms with E-state index in [4.69, 9.17) is 13.9 Å². The standard InChI is InChI=1S/C26H30N2O5S/c1-3-27(25(29)20-8-11-28(12-9-20)26(30)21-10-13-32-17-21)16-19-6-7-23(24(15-19)31-2)33-18-22-5-4-14-34-22/h4-7,10,13-15,17,20H,3,8-9,11-12,16,18H2,1-2H3. The van der Waals surface area contributed by atoms with Gasteiger partial charge in [0.25, 0.3) is 5.91 Å². The molecule has 1 fully saturated rings. The first-order valence-corrected chi connectivity index (χ1v) is 12.4. The van der Waals surface area contributed by atoms with E-state index in [9.17, 15) is 9.59 Å². The zero-order chi connectivity index (χ0) is 23.9. The molecular weight excluding hydrogens is 452 g/mol. The van der Waals surface area contributed by atoms with Crippen molar-refractivity contribution < 1.29 is 23.5 Å². The molecule has 0 spiro atoms. The third kappa shape index (κ3) is 5.62. The monoisotopic (exact) mass is 482 g/mol. The van der Waals surface area contributed by atoms with Crippen LogP contribution in [-0.4, -0.2) is 48.4 Å². The minimum absolute atomic E-state index is 0.0412. The van der Waals surface area contributed by atoms with Crippen LogP contribution in [0.4, 0.5) is 0 Å². The molecule has 2 amide bonds. The van der Waals surface area contributed by atoms with E-state index in [1.54, 1.807) is 29.4 Å². The van der Waals surface area contributed by atoms with Crippen LogP contribution in [0.2, 0.25) is 0 Å². The Morgan fingerprint density at radius 3 is 2.65 bits per heavy atom. The minimum Gasteiger partial charge on any atom is -0.493 e. The molecule has 7 nitrogen and oxygen atoms in total. The molecule has 34 heavy (non-hydrogen) atoms. The summed E-state index contributed by atoms with van der Waals surface area (Å²) in [6.07, 6.45) is 4.29. The summed E-state index contributed by atoms with van der Waals surface area (Å²) in [5.41, 5.74) is 1.54. The van der Waals surface area contributed by atoms with Crippen molar-refractivity contribution in [2.75, 3.05) is 26.7 Å². The van der Waals surface area contributed by atoms with Crippen molar-refractivity contribution in [2.24, 2.45) is 5.92 Å². The highest BCUT2D eigenvalue weighted by Crippen LogP contribution is 2.30. The Morgan fingerprint density at radius 2 is 2.00 bits per heavy atom. The lowest BCUT2D eigenvalue weighted by molar-refractivity contribution is -0.137. The molecule has 2 aromatic heterocycles. The van der Waals surface area contributed by atoms with Gasteiger partial charge < -0.3 is 23.7 Å². The fraction of sp³-hybridized carbons (Fsp3) is 0.385. The van der Waals surface area contributed by atoms with E-state index >= 15 is 0 Å². The van der Waals surface area contributed by atoms with E-state index in [-0.39, 0.29) is 17.7 Å². The van der Waals surface area contributed by atoms with Crippen molar-refractivity contribution >= 4 is 23.2 Å². The molecule has 0 aliphatic carbocycles. The first-order chi connectivity index (χ1) is 16.6. The summed E-state index contributed by atoms with van der Waals surface area (Å²) in [5, 5.41) is 2.02. The van der Waals surface area contributed by atoms with Crippen LogP contribution in [0.5, 0.6) is 11.5 Å². The Balaban J connectivity index is 1.34. The Labute approximate surface area is 203 Å². The number of hydrogen-bond acceptors (Lipinski definition) is 6. The molecule has 8 heteroatoms. The van der Waals surface area contributed by atoms with Gasteiger partial charge in [-0.05, 0) is 55.0 Å². The molecule has 1 aliphatic rings. The number of rotatable bonds is 9. The van der Waals surface area contributed by atoms with Crippen LogP contribution >= 0.6 is 11.3 Å². The summed E-state index contributed by atoms with van der Waals surface area (Å²) in [5.74, 6) is 1.35. The van der Waals surface area contributed by atoms with Gasteiger partial charge in [0.15, 0.2) is 11.5 Å². The number of thiophene rings is 1. The van der Waals surface area contributed by atoms with E-state index in [0.29, 0.717) is 62.7 Å². The summed E-state index contributed by atoms with van der Waals surface area (Å²) in [6, 6.07) is 11.5. The van der Waals surface area contributed by atoms with Gasteiger partial charge in [0.1, 0.15) is 12.9 Å². The normalized spacial score (nSPS) is 14.1. The number of hydrogen-bond donors (Lipinski definition) is 0. The average molecular weight is 483 g/mol. The van der Waals surface area contributed by atoms with E-state index < -0.39 is 0 Å². The van der Waals surface area contributed by atoms with Gasteiger partial charge in [-0.15, -0.1) is 11.3 Å². The maximum atomic E-state index is 13.2. The Kier molecular flexibility index (Phi) is 7.90. The van der Waals surface area contributed by atoms with E-state index in [0.717, 1.165) is 10.4 Å². The molecule has 0 atom stereocenters. The second-order valence-corrected chi connectivity index (χ2v) is 9.32. The number of ether oxygens (including phenoxy) is 2. The molecule has 0 radical (unpaired) electrons. The first kappa shape index (κ1) is 23.9. The third-order valence-corrected chi connectivity index (χ3v) is 6.99. The van der Waals surface area contributed by atoms with Crippen molar-refractivity contribution in [1.29, 1.82) is 0 Å². The molecule has 180 valence electrons. The Morgan fingerprint density at radius 1 is 1.18 bits per heavy atom. The van der Waals surface area contributed by atoms with Crippen LogP contribution in [0, 0.1) is 5.92 Å². The van der Waals surface area contributed by atoms with Gasteiger partial charge in [-0.3, -0.25) is 9.59 Å². The predicted molar refractivity (Wildman–Crippen MR) is 130 cm³/mol. The number of carbonyl (C=O) groups is 2. The number of carbonyl (C=O) groups excluding carboxylic acids is 2. The van der Waals surface area contributed by atoms with Crippen molar-refractivity contribution in [2.45, 2.75) is 32.9 Å². The second-order valence-electron chi connectivity index (χ2n) is 8.28. The molecule has 4 rings (SSSR count). The topological polar surface area (TPSA) is 72.2 Å². The smallest absolute Gasteiger partial charge is 0.257 e. The molecule has 3 heterocycles. The van der Waals surface area contributed by atoms with Crippen LogP contribution in [0.1, 0.15) is 40.6 Å². The van der Waals surface area contributed by atoms with Gasteiger partial charge in [0.05, 0.1) is 18.9 Å². The van der Waals surface area contributed by atoms with Crippen LogP contribution in [0.3, 0.4) is 0 Å². The van der Waals surface area contributed by atoms with Crippen molar-refractivity contribution in [3.8, 4) is 11.5 Å². The summed E-state index contributed by atoms with van der Waals surface area (Å²) in [6.45, 7) is 4.75. The van der Waals surface area contributed by atoms with Crippen LogP contribution in [0.15, 0.2) is 58.7 Å². The number of furan rings is 1. The largest absolute Gasteiger partial charge is 0.493 e. The number of methoxy groups -OCH3 is 1. The number of benzene rings is 1. The highest BCUT2D eigenvalue weighted by molar-refractivity contribution is 7.09. The van der Waals surface area contributed by atoms with E-state index in [2.05, 4.69) is 0 Å². The van der Waals surface area contributed by atoms with Crippen molar-refractivity contribution in [1.82, 2.24) is 9.80 Å². The van der Waals surface area contributed by atoms with Crippen molar-refractivity contribution in [3.05, 3.63) is 70.3 Å². The highest BCUT2D eigenvalue weighted by atomic mass is 32.1. The van der Waals surface area contributed by atoms with Crippen molar-refractivity contribution in [3.63, 3.8) is 0 Å². The molecule has 1 saturated heterocycles. The fourth-order valence-corrected chi connectivity index (χ4v) is 4.81. The quantitative estimate of drug-likeness (QED) is 0.437. The zero-order valence-electron chi connectivity index (χ0n) is 19.6. The van der Waals surface area contributed by atoms with Gasteiger partial charge in [0.2, 0.25) is 5.91 Å². The second kappa shape index (κ2) is 11.2. The predicted octanol–water partition coefficient (Wildman–Crippen LogP) is 4.83. The molecular formula is C26H30N2O5S. The maximum absolute atomic E-state index is 13.2. The average Bonchev–Trinajstić information content (AvgIpc) is 3.60. The molecule has 1 aromatic carbocycles. The van der Waals surface area contributed by atoms with Gasteiger partial charge in [-0.2, -0.15) is 0 Å². The highest BCUT2D eigenvalue weighted by Gasteiger charge is 2.30. The molecule has 0 N–H and O–H groups in total. The molecule has 0 saturated carbocycles. The number of likely N-dealkylation sites (tertiary alicyclic amines) is 1. The molecule has 1 aliphatic heterocycles. The van der Waals surface area contributed by atoms with Gasteiger partial charge in [-0.25, -0.2) is 0 Å². The summed E-state index contributed by atoms with van der Waals surface area (Å²) < 4.78 is 16.5. The summed E-state index contributed by atoms with van der Waals surface area (Å²) in [7, 11) is 1.62. The summed E-state index contributed by atoms with van der Waals surface area (Å²) in [4.78, 5) is 30.6.